The van der Waals surface area contributed by atoms with Crippen molar-refractivity contribution in [3.8, 4) is 6.07 Å². The van der Waals surface area contributed by atoms with E-state index in [-0.39, 0.29) is 18.4 Å². The van der Waals surface area contributed by atoms with Crippen molar-refractivity contribution in [2.75, 3.05) is 5.32 Å². The van der Waals surface area contributed by atoms with Crippen LogP contribution in [0.2, 0.25) is 0 Å². The zero-order valence-electron chi connectivity index (χ0n) is 9.84. The number of hydrogen-bond donors (Lipinski definition) is 2. The highest BCUT2D eigenvalue weighted by atomic mass is 16.4. The highest BCUT2D eigenvalue weighted by molar-refractivity contribution is 5.68. The minimum atomic E-state index is -0.854. The Morgan fingerprint density at radius 2 is 2.29 bits per heavy atom. The third kappa shape index (κ3) is 4.11. The van der Waals surface area contributed by atoms with E-state index in [9.17, 15) is 4.79 Å². The Balaban J connectivity index is 2.79. The second-order valence-electron chi connectivity index (χ2n) is 4.11. The number of anilines is 1. The number of carboxylic acid groups (broad SMARTS) is 1. The fourth-order valence-corrected chi connectivity index (χ4v) is 1.41. The molecule has 0 spiro atoms. The van der Waals surface area contributed by atoms with Gasteiger partial charge in [0.05, 0.1) is 6.42 Å². The van der Waals surface area contributed by atoms with Gasteiger partial charge in [-0.3, -0.25) is 4.79 Å². The molecular formula is C12H15N3O2. The lowest BCUT2D eigenvalue weighted by Gasteiger charge is -2.21. The molecule has 0 aliphatic rings. The lowest BCUT2D eigenvalue weighted by Crippen LogP contribution is -2.29. The largest absolute Gasteiger partial charge is 0.481 e. The standard InChI is InChI=1S/C12H15N3O2/c1-8(2)10(6-12(16)17)15-11-5-3-4-9(7-13)14-11/h3-5,8,10H,6H2,1-2H3,(H,14,15)(H,16,17). The normalized spacial score (nSPS) is 11.9. The number of nitriles is 1. The van der Waals surface area contributed by atoms with E-state index in [0.29, 0.717) is 11.5 Å². The Morgan fingerprint density at radius 1 is 1.59 bits per heavy atom. The smallest absolute Gasteiger partial charge is 0.305 e. The lowest BCUT2D eigenvalue weighted by molar-refractivity contribution is -0.137. The van der Waals surface area contributed by atoms with Gasteiger partial charge in [0.25, 0.3) is 0 Å². The summed E-state index contributed by atoms with van der Waals surface area (Å²) in [5, 5.41) is 20.6. The molecule has 0 radical (unpaired) electrons. The highest BCUT2D eigenvalue weighted by Gasteiger charge is 2.17. The third-order valence-corrected chi connectivity index (χ3v) is 2.40. The van der Waals surface area contributed by atoms with E-state index < -0.39 is 5.97 Å². The van der Waals surface area contributed by atoms with Crippen molar-refractivity contribution in [2.24, 2.45) is 5.92 Å². The number of rotatable bonds is 5. The fraction of sp³-hybridized carbons (Fsp3) is 0.417. The average molecular weight is 233 g/mol. The highest BCUT2D eigenvalue weighted by Crippen LogP contribution is 2.13. The molecule has 0 aromatic carbocycles. The summed E-state index contributed by atoms with van der Waals surface area (Å²) < 4.78 is 0. The van der Waals surface area contributed by atoms with Gasteiger partial charge in [-0.1, -0.05) is 19.9 Å². The van der Waals surface area contributed by atoms with Gasteiger partial charge >= 0.3 is 5.97 Å². The molecule has 1 rings (SSSR count). The van der Waals surface area contributed by atoms with Gasteiger partial charge in [0, 0.05) is 6.04 Å². The molecule has 0 bridgehead atoms. The first-order valence-electron chi connectivity index (χ1n) is 5.38. The number of nitrogens with one attached hydrogen (secondary N) is 1. The van der Waals surface area contributed by atoms with Gasteiger partial charge < -0.3 is 10.4 Å². The number of carboxylic acids is 1. The van der Waals surface area contributed by atoms with Crippen molar-refractivity contribution >= 4 is 11.8 Å². The number of pyridine rings is 1. The van der Waals surface area contributed by atoms with Crippen LogP contribution < -0.4 is 5.32 Å². The monoisotopic (exact) mass is 233 g/mol. The number of aliphatic carboxylic acids is 1. The van der Waals surface area contributed by atoms with Crippen molar-refractivity contribution in [2.45, 2.75) is 26.3 Å². The second kappa shape index (κ2) is 5.85. The molecule has 5 heteroatoms. The van der Waals surface area contributed by atoms with Crippen LogP contribution in [0.15, 0.2) is 18.2 Å². The van der Waals surface area contributed by atoms with Gasteiger partial charge in [0.1, 0.15) is 17.6 Å². The number of carbonyl (C=O) groups is 1. The van der Waals surface area contributed by atoms with E-state index in [1.807, 2.05) is 19.9 Å². The quantitative estimate of drug-likeness (QED) is 0.810. The summed E-state index contributed by atoms with van der Waals surface area (Å²) in [4.78, 5) is 14.8. The fourth-order valence-electron chi connectivity index (χ4n) is 1.41. The molecule has 1 aromatic heterocycles. The molecule has 90 valence electrons. The average Bonchev–Trinajstić information content (AvgIpc) is 2.27. The van der Waals surface area contributed by atoms with Crippen LogP contribution in [-0.4, -0.2) is 22.1 Å². The van der Waals surface area contributed by atoms with E-state index in [1.165, 1.54) is 0 Å². The zero-order chi connectivity index (χ0) is 12.8. The van der Waals surface area contributed by atoms with E-state index >= 15 is 0 Å². The van der Waals surface area contributed by atoms with Crippen LogP contribution in [0.5, 0.6) is 0 Å². The van der Waals surface area contributed by atoms with Crippen LogP contribution in [-0.2, 0) is 4.79 Å². The maximum absolute atomic E-state index is 10.7. The number of aromatic nitrogens is 1. The van der Waals surface area contributed by atoms with Crippen LogP contribution in [0.1, 0.15) is 26.0 Å². The first kappa shape index (κ1) is 13.0. The second-order valence-corrected chi connectivity index (χ2v) is 4.11. The molecule has 0 amide bonds. The predicted octanol–water partition coefficient (Wildman–Crippen LogP) is 1.86. The molecule has 1 heterocycles. The molecule has 17 heavy (non-hydrogen) atoms. The summed E-state index contributed by atoms with van der Waals surface area (Å²) in [7, 11) is 0. The third-order valence-electron chi connectivity index (χ3n) is 2.40. The van der Waals surface area contributed by atoms with Crippen molar-refractivity contribution in [1.82, 2.24) is 4.98 Å². The summed E-state index contributed by atoms with van der Waals surface area (Å²) in [6.07, 6.45) is 0.0239. The van der Waals surface area contributed by atoms with Gasteiger partial charge in [-0.25, -0.2) is 4.98 Å². The Labute approximate surface area is 100 Å². The number of hydrogen-bond acceptors (Lipinski definition) is 4. The number of nitrogens with zero attached hydrogens (tertiary/aromatic N) is 2. The summed E-state index contributed by atoms with van der Waals surface area (Å²) in [6, 6.07) is 6.78. The summed E-state index contributed by atoms with van der Waals surface area (Å²) in [6.45, 7) is 3.88. The molecule has 0 aliphatic carbocycles. The van der Waals surface area contributed by atoms with Gasteiger partial charge in [-0.05, 0) is 18.1 Å². The minimum absolute atomic E-state index is 0.0239. The molecule has 5 nitrogen and oxygen atoms in total. The van der Waals surface area contributed by atoms with Gasteiger partial charge in [-0.15, -0.1) is 0 Å². The van der Waals surface area contributed by atoms with Gasteiger partial charge in [0.2, 0.25) is 0 Å². The molecule has 2 N–H and O–H groups in total. The van der Waals surface area contributed by atoms with E-state index in [2.05, 4.69) is 10.3 Å². The topological polar surface area (TPSA) is 86.0 Å². The van der Waals surface area contributed by atoms with Crippen LogP contribution in [0, 0.1) is 17.2 Å². The van der Waals surface area contributed by atoms with Crippen molar-refractivity contribution in [3.05, 3.63) is 23.9 Å². The van der Waals surface area contributed by atoms with Crippen LogP contribution >= 0.6 is 0 Å². The van der Waals surface area contributed by atoms with Crippen LogP contribution in [0.25, 0.3) is 0 Å². The SMILES string of the molecule is CC(C)C(CC(=O)O)Nc1cccc(C#N)n1. The molecule has 0 saturated carbocycles. The van der Waals surface area contributed by atoms with Crippen molar-refractivity contribution in [1.29, 1.82) is 5.26 Å². The molecular weight excluding hydrogens is 218 g/mol. The first-order chi connectivity index (χ1) is 8.02. The molecule has 0 fully saturated rings. The maximum atomic E-state index is 10.7. The Morgan fingerprint density at radius 3 is 2.82 bits per heavy atom. The first-order valence-corrected chi connectivity index (χ1v) is 5.38. The van der Waals surface area contributed by atoms with E-state index in [1.54, 1.807) is 18.2 Å². The zero-order valence-corrected chi connectivity index (χ0v) is 9.84. The van der Waals surface area contributed by atoms with Crippen LogP contribution in [0.3, 0.4) is 0 Å². The summed E-state index contributed by atoms with van der Waals surface area (Å²) in [5.41, 5.74) is 0.313. The van der Waals surface area contributed by atoms with Crippen molar-refractivity contribution in [3.63, 3.8) is 0 Å². The van der Waals surface area contributed by atoms with Gasteiger partial charge in [0.15, 0.2) is 0 Å². The Kier molecular flexibility index (Phi) is 4.46. The molecule has 1 atom stereocenters. The van der Waals surface area contributed by atoms with Crippen molar-refractivity contribution < 1.29 is 9.90 Å². The van der Waals surface area contributed by atoms with E-state index in [4.69, 9.17) is 10.4 Å². The minimum Gasteiger partial charge on any atom is -0.481 e. The summed E-state index contributed by atoms with van der Waals surface area (Å²) in [5.74, 6) is -0.157. The summed E-state index contributed by atoms with van der Waals surface area (Å²) >= 11 is 0. The maximum Gasteiger partial charge on any atom is 0.305 e. The lowest BCUT2D eigenvalue weighted by atomic mass is 10.0. The Hall–Kier alpha value is -2.09. The Bertz CT molecular complexity index is 438. The van der Waals surface area contributed by atoms with E-state index in [0.717, 1.165) is 0 Å². The van der Waals surface area contributed by atoms with Crippen LogP contribution in [0.4, 0.5) is 5.82 Å². The predicted molar refractivity (Wildman–Crippen MR) is 63.5 cm³/mol. The van der Waals surface area contributed by atoms with Gasteiger partial charge in [-0.2, -0.15) is 5.26 Å². The molecule has 1 unspecified atom stereocenters. The molecule has 1 aromatic rings. The molecule has 0 saturated heterocycles. The molecule has 0 aliphatic heterocycles.